The van der Waals surface area contributed by atoms with Gasteiger partial charge in [0.05, 0.1) is 0 Å². The van der Waals surface area contributed by atoms with Crippen LogP contribution in [0.25, 0.3) is 0 Å². The number of anilines is 2. The molecule has 5 heteroatoms. The maximum Gasteiger partial charge on any atom is 0.250 e. The van der Waals surface area contributed by atoms with Crippen LogP contribution in [-0.2, 0) is 0 Å². The highest BCUT2D eigenvalue weighted by atomic mass is 15.4. The molecule has 0 aliphatic heterocycles. The number of nitrogens with zero attached hydrogens (tertiary/aromatic N) is 3. The van der Waals surface area contributed by atoms with E-state index < -0.39 is 0 Å². The fourth-order valence-corrected chi connectivity index (χ4v) is 1.32. The summed E-state index contributed by atoms with van der Waals surface area (Å²) in [6.07, 6.45) is 7.30. The van der Waals surface area contributed by atoms with Crippen molar-refractivity contribution in [1.82, 2.24) is 15.2 Å². The van der Waals surface area contributed by atoms with Gasteiger partial charge in [0, 0.05) is 19.8 Å². The first-order chi connectivity index (χ1) is 6.81. The van der Waals surface area contributed by atoms with Gasteiger partial charge in [-0.25, -0.2) is 5.10 Å². The lowest BCUT2D eigenvalue weighted by molar-refractivity contribution is 1.01. The van der Waals surface area contributed by atoms with Gasteiger partial charge >= 0.3 is 0 Å². The molecule has 0 aromatic carbocycles. The minimum Gasteiger partial charge on any atom is -0.358 e. The number of hydrogen-bond donors (Lipinski definition) is 2. The van der Waals surface area contributed by atoms with Gasteiger partial charge in [-0.2, -0.15) is 4.98 Å². The van der Waals surface area contributed by atoms with Gasteiger partial charge in [-0.1, -0.05) is 12.2 Å². The predicted molar refractivity (Wildman–Crippen MR) is 56.2 cm³/mol. The van der Waals surface area contributed by atoms with Gasteiger partial charge in [0.2, 0.25) is 5.95 Å². The second kappa shape index (κ2) is 3.53. The molecule has 0 saturated heterocycles. The molecule has 1 heterocycles. The number of likely N-dealkylation sites (N-methyl/N-ethyl adjacent to an activating group) is 1. The maximum atomic E-state index is 4.25. The van der Waals surface area contributed by atoms with Crippen molar-refractivity contribution in [2.75, 3.05) is 24.3 Å². The van der Waals surface area contributed by atoms with Gasteiger partial charge in [-0.15, -0.1) is 5.10 Å². The Morgan fingerprint density at radius 1 is 1.57 bits per heavy atom. The van der Waals surface area contributed by atoms with Gasteiger partial charge in [0.25, 0.3) is 5.95 Å². The Hall–Kier alpha value is -1.78. The zero-order chi connectivity index (χ0) is 9.97. The quantitative estimate of drug-likeness (QED) is 0.752. The van der Waals surface area contributed by atoms with E-state index >= 15 is 0 Å². The highest BCUT2D eigenvalue weighted by molar-refractivity contribution is 5.47. The highest BCUT2D eigenvalue weighted by Crippen LogP contribution is 2.18. The first kappa shape index (κ1) is 8.80. The van der Waals surface area contributed by atoms with Crippen molar-refractivity contribution in [3.05, 3.63) is 23.9 Å². The van der Waals surface area contributed by atoms with E-state index in [1.165, 1.54) is 0 Å². The summed E-state index contributed by atoms with van der Waals surface area (Å²) in [6, 6.07) is 0. The molecule has 1 aliphatic carbocycles. The summed E-state index contributed by atoms with van der Waals surface area (Å²) < 4.78 is 0. The summed E-state index contributed by atoms with van der Waals surface area (Å²) in [5.74, 6) is 1.35. The van der Waals surface area contributed by atoms with Crippen LogP contribution in [-0.4, -0.2) is 29.3 Å². The van der Waals surface area contributed by atoms with Crippen LogP contribution < -0.4 is 10.2 Å². The van der Waals surface area contributed by atoms with E-state index in [1.54, 1.807) is 7.05 Å². The molecular formula is C9H13N5. The summed E-state index contributed by atoms with van der Waals surface area (Å²) in [5.41, 5.74) is 1.13. The SMILES string of the molecule is CNc1nc(N(C)C2=CCC=C2)n[nH]1. The lowest BCUT2D eigenvalue weighted by Crippen LogP contribution is -2.15. The van der Waals surface area contributed by atoms with Gasteiger partial charge in [0.1, 0.15) is 0 Å². The molecular weight excluding hydrogens is 178 g/mol. The van der Waals surface area contributed by atoms with Crippen LogP contribution in [0.3, 0.4) is 0 Å². The Morgan fingerprint density at radius 3 is 3.00 bits per heavy atom. The van der Waals surface area contributed by atoms with E-state index in [1.807, 2.05) is 11.9 Å². The van der Waals surface area contributed by atoms with Crippen molar-refractivity contribution in [1.29, 1.82) is 0 Å². The summed E-state index contributed by atoms with van der Waals surface area (Å²) in [6.45, 7) is 0. The van der Waals surface area contributed by atoms with E-state index in [2.05, 4.69) is 38.7 Å². The molecule has 0 unspecified atom stereocenters. The first-order valence-corrected chi connectivity index (χ1v) is 4.52. The summed E-state index contributed by atoms with van der Waals surface area (Å²) >= 11 is 0. The fourth-order valence-electron chi connectivity index (χ4n) is 1.32. The Balaban J connectivity index is 2.18. The lowest BCUT2D eigenvalue weighted by Gasteiger charge is -2.13. The number of H-pyrrole nitrogens is 1. The van der Waals surface area contributed by atoms with Crippen LogP contribution in [0.4, 0.5) is 11.9 Å². The average Bonchev–Trinajstić information content (AvgIpc) is 2.88. The molecule has 2 rings (SSSR count). The molecule has 0 fully saturated rings. The zero-order valence-corrected chi connectivity index (χ0v) is 8.28. The summed E-state index contributed by atoms with van der Waals surface area (Å²) in [5, 5.41) is 9.78. The van der Waals surface area contributed by atoms with Crippen molar-refractivity contribution < 1.29 is 0 Å². The van der Waals surface area contributed by atoms with Gasteiger partial charge < -0.3 is 10.2 Å². The van der Waals surface area contributed by atoms with Gasteiger partial charge in [0.15, 0.2) is 0 Å². The number of allylic oxidation sites excluding steroid dienone is 3. The third kappa shape index (κ3) is 1.48. The Bertz CT molecular complexity index is 376. The third-order valence-electron chi connectivity index (χ3n) is 2.15. The maximum absolute atomic E-state index is 4.25. The molecule has 1 aliphatic rings. The monoisotopic (exact) mass is 191 g/mol. The molecule has 1 aromatic heterocycles. The number of hydrogen-bond acceptors (Lipinski definition) is 4. The standard InChI is InChI=1S/C9H13N5/c1-10-8-11-9(13-12-8)14(2)7-5-3-4-6-7/h3,5-6H,4H2,1-2H3,(H2,10,11,12,13). The molecule has 74 valence electrons. The van der Waals surface area contributed by atoms with Crippen molar-refractivity contribution >= 4 is 11.9 Å². The van der Waals surface area contributed by atoms with Crippen LogP contribution in [0.5, 0.6) is 0 Å². The molecule has 14 heavy (non-hydrogen) atoms. The van der Waals surface area contributed by atoms with Crippen molar-refractivity contribution in [3.63, 3.8) is 0 Å². The van der Waals surface area contributed by atoms with Crippen LogP contribution in [0.1, 0.15) is 6.42 Å². The van der Waals surface area contributed by atoms with Gasteiger partial charge in [-0.3, -0.25) is 0 Å². The Kier molecular flexibility index (Phi) is 2.22. The third-order valence-corrected chi connectivity index (χ3v) is 2.15. The Labute approximate surface area is 82.5 Å². The van der Waals surface area contributed by atoms with Crippen LogP contribution >= 0.6 is 0 Å². The number of aromatic nitrogens is 3. The molecule has 0 saturated carbocycles. The second-order valence-corrected chi connectivity index (χ2v) is 3.06. The number of nitrogens with one attached hydrogen (secondary N) is 2. The number of rotatable bonds is 3. The van der Waals surface area contributed by atoms with Crippen LogP contribution in [0.2, 0.25) is 0 Å². The first-order valence-electron chi connectivity index (χ1n) is 4.52. The molecule has 0 spiro atoms. The Morgan fingerprint density at radius 2 is 2.43 bits per heavy atom. The highest BCUT2D eigenvalue weighted by Gasteiger charge is 2.11. The number of aromatic amines is 1. The minimum absolute atomic E-state index is 0.673. The minimum atomic E-state index is 0.673. The van der Waals surface area contributed by atoms with Crippen LogP contribution in [0.15, 0.2) is 23.9 Å². The molecule has 2 N–H and O–H groups in total. The molecule has 0 radical (unpaired) electrons. The lowest BCUT2D eigenvalue weighted by atomic mass is 10.4. The largest absolute Gasteiger partial charge is 0.358 e. The van der Waals surface area contributed by atoms with E-state index in [0.717, 1.165) is 12.1 Å². The summed E-state index contributed by atoms with van der Waals surface area (Å²) in [4.78, 5) is 6.19. The van der Waals surface area contributed by atoms with Crippen LogP contribution in [0, 0.1) is 0 Å². The molecule has 0 atom stereocenters. The zero-order valence-electron chi connectivity index (χ0n) is 8.28. The topological polar surface area (TPSA) is 56.8 Å². The average molecular weight is 191 g/mol. The van der Waals surface area contributed by atoms with E-state index in [9.17, 15) is 0 Å². The van der Waals surface area contributed by atoms with Crippen molar-refractivity contribution in [3.8, 4) is 0 Å². The fraction of sp³-hybridized carbons (Fsp3) is 0.333. The molecule has 5 nitrogen and oxygen atoms in total. The normalized spacial score (nSPS) is 14.3. The van der Waals surface area contributed by atoms with Crippen molar-refractivity contribution in [2.24, 2.45) is 0 Å². The van der Waals surface area contributed by atoms with E-state index in [-0.39, 0.29) is 0 Å². The second-order valence-electron chi connectivity index (χ2n) is 3.06. The van der Waals surface area contributed by atoms with E-state index in [0.29, 0.717) is 11.9 Å². The van der Waals surface area contributed by atoms with E-state index in [4.69, 9.17) is 0 Å². The summed E-state index contributed by atoms with van der Waals surface area (Å²) in [7, 11) is 3.75. The van der Waals surface area contributed by atoms with Crippen molar-refractivity contribution in [2.45, 2.75) is 6.42 Å². The molecule has 0 bridgehead atoms. The molecule has 1 aromatic rings. The molecule has 0 amide bonds. The predicted octanol–water partition coefficient (Wildman–Crippen LogP) is 1.13. The van der Waals surface area contributed by atoms with Gasteiger partial charge in [-0.05, 0) is 12.5 Å². The smallest absolute Gasteiger partial charge is 0.250 e.